The van der Waals surface area contributed by atoms with Crippen LogP contribution in [0.15, 0.2) is 48.7 Å². The number of hydrogen-bond donors (Lipinski definition) is 2. The van der Waals surface area contributed by atoms with Gasteiger partial charge < -0.3 is 14.8 Å². The third-order valence-electron chi connectivity index (χ3n) is 4.60. The number of ether oxygens (including phenoxy) is 2. The molecule has 2 N–H and O–H groups in total. The number of nitrogens with one attached hydrogen (secondary N) is 2. The van der Waals surface area contributed by atoms with Gasteiger partial charge in [0.15, 0.2) is 11.5 Å². The number of aromatic amines is 1. The quantitative estimate of drug-likeness (QED) is 0.694. The van der Waals surface area contributed by atoms with Crippen LogP contribution >= 0.6 is 11.6 Å². The number of methoxy groups -OCH3 is 1. The summed E-state index contributed by atoms with van der Waals surface area (Å²) >= 11 is 5.91. The fraction of sp³-hybridized carbons (Fsp3) is 0.200. The van der Waals surface area contributed by atoms with Crippen molar-refractivity contribution in [1.29, 1.82) is 0 Å². The van der Waals surface area contributed by atoms with Crippen molar-refractivity contribution in [2.45, 2.75) is 18.9 Å². The number of anilines is 1. The lowest BCUT2D eigenvalue weighted by molar-refractivity contribution is -0.116. The van der Waals surface area contributed by atoms with Crippen molar-refractivity contribution in [2.24, 2.45) is 0 Å². The Labute approximate surface area is 161 Å². The molecule has 1 atom stereocenters. The van der Waals surface area contributed by atoms with Crippen LogP contribution in [-0.2, 0) is 11.4 Å². The van der Waals surface area contributed by atoms with Crippen molar-refractivity contribution < 1.29 is 14.3 Å². The number of aromatic nitrogens is 2. The van der Waals surface area contributed by atoms with Gasteiger partial charge in [-0.25, -0.2) is 0 Å². The second-order valence-corrected chi connectivity index (χ2v) is 6.77. The highest BCUT2D eigenvalue weighted by atomic mass is 35.5. The predicted octanol–water partition coefficient (Wildman–Crippen LogP) is 4.12. The first-order chi connectivity index (χ1) is 13.1. The maximum Gasteiger partial charge on any atom is 0.226 e. The van der Waals surface area contributed by atoms with Crippen LogP contribution < -0.4 is 14.8 Å². The highest BCUT2D eigenvalue weighted by Crippen LogP contribution is 2.39. The number of halogens is 1. The number of amides is 1. The first-order valence-corrected chi connectivity index (χ1v) is 8.90. The lowest BCUT2D eigenvalue weighted by Crippen LogP contribution is -2.23. The second kappa shape index (κ2) is 7.32. The molecule has 4 rings (SSSR count). The van der Waals surface area contributed by atoms with Crippen LogP contribution in [0.1, 0.15) is 29.0 Å². The molecule has 6 nitrogen and oxygen atoms in total. The van der Waals surface area contributed by atoms with Crippen LogP contribution in [0.25, 0.3) is 0 Å². The zero-order chi connectivity index (χ0) is 18.8. The molecule has 138 valence electrons. The van der Waals surface area contributed by atoms with E-state index in [2.05, 4.69) is 15.5 Å². The maximum absolute atomic E-state index is 12.0. The highest BCUT2D eigenvalue weighted by molar-refractivity contribution is 6.30. The Bertz CT molecular complexity index is 969. The van der Waals surface area contributed by atoms with Crippen molar-refractivity contribution in [1.82, 2.24) is 10.2 Å². The molecule has 27 heavy (non-hydrogen) atoms. The zero-order valence-electron chi connectivity index (χ0n) is 14.7. The largest absolute Gasteiger partial charge is 0.493 e. The lowest BCUT2D eigenvalue weighted by Gasteiger charge is -2.23. The van der Waals surface area contributed by atoms with Gasteiger partial charge in [0.25, 0.3) is 0 Å². The molecule has 0 saturated heterocycles. The molecule has 2 heterocycles. The summed E-state index contributed by atoms with van der Waals surface area (Å²) in [5, 5.41) is 10.4. The number of carbonyl (C=O) groups is 1. The van der Waals surface area contributed by atoms with E-state index in [1.165, 1.54) is 0 Å². The fourth-order valence-electron chi connectivity index (χ4n) is 3.20. The van der Waals surface area contributed by atoms with Gasteiger partial charge in [0.1, 0.15) is 12.4 Å². The van der Waals surface area contributed by atoms with Gasteiger partial charge in [0.2, 0.25) is 5.91 Å². The Morgan fingerprint density at radius 2 is 2.00 bits per heavy atom. The maximum atomic E-state index is 12.0. The van der Waals surface area contributed by atoms with Crippen molar-refractivity contribution in [2.75, 3.05) is 12.4 Å². The van der Waals surface area contributed by atoms with Crippen LogP contribution in [0.2, 0.25) is 5.02 Å². The smallest absolute Gasteiger partial charge is 0.226 e. The Kier molecular flexibility index (Phi) is 4.73. The number of H-pyrrole nitrogens is 1. The van der Waals surface area contributed by atoms with Crippen molar-refractivity contribution in [3.63, 3.8) is 0 Å². The topological polar surface area (TPSA) is 76.2 Å². The van der Waals surface area contributed by atoms with Gasteiger partial charge in [-0.1, -0.05) is 29.8 Å². The summed E-state index contributed by atoms with van der Waals surface area (Å²) in [4.78, 5) is 12.0. The van der Waals surface area contributed by atoms with E-state index in [9.17, 15) is 4.79 Å². The van der Waals surface area contributed by atoms with Crippen LogP contribution in [0.4, 0.5) is 5.82 Å². The predicted molar refractivity (Wildman–Crippen MR) is 102 cm³/mol. The molecule has 0 bridgehead atoms. The molecule has 2 aromatic carbocycles. The van der Waals surface area contributed by atoms with Gasteiger partial charge in [-0.2, -0.15) is 5.10 Å². The number of carbonyl (C=O) groups excluding carboxylic acids is 1. The van der Waals surface area contributed by atoms with Crippen molar-refractivity contribution in [3.05, 3.63) is 70.4 Å². The molecule has 0 radical (unpaired) electrons. The van der Waals surface area contributed by atoms with Crippen LogP contribution in [0.5, 0.6) is 11.5 Å². The van der Waals surface area contributed by atoms with E-state index in [0.717, 1.165) is 16.7 Å². The van der Waals surface area contributed by atoms with E-state index in [-0.39, 0.29) is 11.8 Å². The van der Waals surface area contributed by atoms with E-state index in [0.29, 0.717) is 35.4 Å². The first kappa shape index (κ1) is 17.4. The molecule has 1 unspecified atom stereocenters. The van der Waals surface area contributed by atoms with Gasteiger partial charge in [-0.3, -0.25) is 9.89 Å². The fourth-order valence-corrected chi connectivity index (χ4v) is 3.33. The molecule has 1 aromatic heterocycles. The van der Waals surface area contributed by atoms with Crippen LogP contribution in [0.3, 0.4) is 0 Å². The highest BCUT2D eigenvalue weighted by Gasteiger charge is 2.28. The van der Waals surface area contributed by atoms with Crippen LogP contribution in [0, 0.1) is 0 Å². The van der Waals surface area contributed by atoms with Gasteiger partial charge >= 0.3 is 0 Å². The van der Waals surface area contributed by atoms with Crippen LogP contribution in [-0.4, -0.2) is 23.2 Å². The van der Waals surface area contributed by atoms with Crippen molar-refractivity contribution >= 4 is 23.3 Å². The normalized spacial score (nSPS) is 15.8. The SMILES string of the molecule is COc1cc(C2CC(=O)Nc3[nH]ncc32)ccc1OCc1ccc(Cl)cc1. The number of nitrogens with zero attached hydrogens (tertiary/aromatic N) is 1. The summed E-state index contributed by atoms with van der Waals surface area (Å²) in [5.41, 5.74) is 2.95. The van der Waals surface area contributed by atoms with E-state index in [1.54, 1.807) is 13.3 Å². The Morgan fingerprint density at radius 1 is 1.19 bits per heavy atom. The van der Waals surface area contributed by atoms with Gasteiger partial charge in [0.05, 0.1) is 13.3 Å². The molecule has 7 heteroatoms. The summed E-state index contributed by atoms with van der Waals surface area (Å²) in [6, 6.07) is 13.2. The minimum absolute atomic E-state index is 0.0428. The Morgan fingerprint density at radius 3 is 2.78 bits per heavy atom. The molecule has 3 aromatic rings. The monoisotopic (exact) mass is 383 g/mol. The van der Waals surface area contributed by atoms with E-state index in [1.807, 2.05) is 42.5 Å². The molecule has 0 saturated carbocycles. The average molecular weight is 384 g/mol. The molecule has 0 aliphatic carbocycles. The molecule has 0 fully saturated rings. The summed E-state index contributed by atoms with van der Waals surface area (Å²) in [5.74, 6) is 1.80. The summed E-state index contributed by atoms with van der Waals surface area (Å²) in [7, 11) is 1.60. The Balaban J connectivity index is 1.57. The van der Waals surface area contributed by atoms with E-state index < -0.39 is 0 Å². The third-order valence-corrected chi connectivity index (χ3v) is 4.85. The minimum Gasteiger partial charge on any atom is -0.493 e. The minimum atomic E-state index is -0.0771. The Hall–Kier alpha value is -2.99. The summed E-state index contributed by atoms with van der Waals surface area (Å²) in [6.07, 6.45) is 2.11. The lowest BCUT2D eigenvalue weighted by atomic mass is 9.87. The summed E-state index contributed by atoms with van der Waals surface area (Å²) < 4.78 is 11.4. The molecule has 1 aliphatic rings. The zero-order valence-corrected chi connectivity index (χ0v) is 15.4. The molecular weight excluding hydrogens is 366 g/mol. The molecule has 0 spiro atoms. The standard InChI is InChI=1S/C20H18ClN3O3/c1-26-18-8-13(15-9-19(25)23-20-16(15)10-22-24-20)4-7-17(18)27-11-12-2-5-14(21)6-3-12/h2-8,10,15H,9,11H2,1H3,(H2,22,23,24,25). The molecule has 1 amide bonds. The van der Waals surface area contributed by atoms with Gasteiger partial charge in [-0.15, -0.1) is 0 Å². The third kappa shape index (κ3) is 3.61. The van der Waals surface area contributed by atoms with Crippen molar-refractivity contribution in [3.8, 4) is 11.5 Å². The van der Waals surface area contributed by atoms with E-state index in [4.69, 9.17) is 21.1 Å². The number of rotatable bonds is 5. The summed E-state index contributed by atoms with van der Waals surface area (Å²) in [6.45, 7) is 0.407. The van der Waals surface area contributed by atoms with Gasteiger partial charge in [0, 0.05) is 22.9 Å². The number of hydrogen-bond acceptors (Lipinski definition) is 4. The number of benzene rings is 2. The second-order valence-electron chi connectivity index (χ2n) is 6.33. The molecular formula is C20H18ClN3O3. The molecule has 1 aliphatic heterocycles. The van der Waals surface area contributed by atoms with Gasteiger partial charge in [-0.05, 0) is 35.4 Å². The average Bonchev–Trinajstić information content (AvgIpc) is 3.15. The first-order valence-electron chi connectivity index (χ1n) is 8.52. The van der Waals surface area contributed by atoms with E-state index >= 15 is 0 Å². The number of fused-ring (bicyclic) bond motifs is 1.